The summed E-state index contributed by atoms with van der Waals surface area (Å²) in [7, 11) is 0. The molecule has 0 radical (unpaired) electrons. The number of nitrogen functional groups attached to an aromatic ring is 1. The van der Waals surface area contributed by atoms with E-state index < -0.39 is 0 Å². The Labute approximate surface area is 112 Å². The normalized spacial score (nSPS) is 10.5. The van der Waals surface area contributed by atoms with Gasteiger partial charge in [-0.3, -0.25) is 15.7 Å². The maximum absolute atomic E-state index is 9.03. The quantitative estimate of drug-likeness (QED) is 0.581. The fourth-order valence-electron chi connectivity index (χ4n) is 1.79. The first kappa shape index (κ1) is 13.2. The van der Waals surface area contributed by atoms with Gasteiger partial charge in [-0.05, 0) is 37.6 Å². The molecule has 0 saturated heterocycles. The second-order valence-electron chi connectivity index (χ2n) is 4.45. The third kappa shape index (κ3) is 2.95. The molecule has 0 fully saturated rings. The number of nitrogens with two attached hydrogens (primary N) is 1. The predicted molar refractivity (Wildman–Crippen MR) is 75.3 cm³/mol. The highest BCUT2D eigenvalue weighted by Crippen LogP contribution is 2.33. The number of ether oxygens (including phenoxy) is 1. The van der Waals surface area contributed by atoms with Gasteiger partial charge in [-0.15, -0.1) is 0 Å². The van der Waals surface area contributed by atoms with Crippen LogP contribution in [0.4, 0.5) is 11.4 Å². The number of benzene rings is 1. The first-order valence-corrected chi connectivity index (χ1v) is 6.02. The molecule has 0 aliphatic heterocycles. The van der Waals surface area contributed by atoms with Crippen LogP contribution in [-0.2, 0) is 0 Å². The highest BCUT2D eigenvalue weighted by molar-refractivity contribution is 5.78. The monoisotopic (exact) mass is 259 g/mol. The number of pyridine rings is 1. The Morgan fingerprint density at radius 2 is 2.11 bits per heavy atom. The molecular formula is C14H17N3O2. The highest BCUT2D eigenvalue weighted by Gasteiger charge is 2.09. The molecule has 5 nitrogen and oxygen atoms in total. The van der Waals surface area contributed by atoms with E-state index in [1.54, 1.807) is 24.5 Å². The Balaban J connectivity index is 2.46. The maximum Gasteiger partial charge on any atom is 0.145 e. The smallest absolute Gasteiger partial charge is 0.145 e. The lowest BCUT2D eigenvalue weighted by Gasteiger charge is -2.14. The van der Waals surface area contributed by atoms with Crippen molar-refractivity contribution >= 4 is 11.4 Å². The lowest BCUT2D eigenvalue weighted by atomic mass is 10.0. The second-order valence-corrected chi connectivity index (χ2v) is 4.45. The molecule has 0 unspecified atom stereocenters. The number of nitrogens with zero attached hydrogens (tertiary/aromatic N) is 1. The third-order valence-electron chi connectivity index (χ3n) is 2.63. The van der Waals surface area contributed by atoms with Crippen molar-refractivity contribution in [3.63, 3.8) is 0 Å². The maximum atomic E-state index is 9.03. The van der Waals surface area contributed by atoms with Crippen molar-refractivity contribution in [3.05, 3.63) is 36.7 Å². The Morgan fingerprint density at radius 3 is 2.79 bits per heavy atom. The largest absolute Gasteiger partial charge is 0.489 e. The van der Waals surface area contributed by atoms with Crippen molar-refractivity contribution in [3.8, 4) is 16.9 Å². The average Bonchev–Trinajstić information content (AvgIpc) is 2.39. The Bertz CT molecular complexity index is 570. The van der Waals surface area contributed by atoms with Crippen LogP contribution in [0.2, 0.25) is 0 Å². The summed E-state index contributed by atoms with van der Waals surface area (Å²) in [5.74, 6) is 0.700. The van der Waals surface area contributed by atoms with Gasteiger partial charge in [0.05, 0.1) is 23.7 Å². The van der Waals surface area contributed by atoms with Crippen molar-refractivity contribution in [2.75, 3.05) is 11.2 Å². The number of hydrogen-bond acceptors (Lipinski definition) is 5. The molecular weight excluding hydrogens is 242 g/mol. The Morgan fingerprint density at radius 1 is 1.32 bits per heavy atom. The fraction of sp³-hybridized carbons (Fsp3) is 0.214. The van der Waals surface area contributed by atoms with Gasteiger partial charge in [-0.25, -0.2) is 0 Å². The zero-order valence-electron chi connectivity index (χ0n) is 10.9. The van der Waals surface area contributed by atoms with Crippen LogP contribution in [0.25, 0.3) is 11.1 Å². The van der Waals surface area contributed by atoms with Crippen LogP contribution >= 0.6 is 0 Å². The first-order valence-electron chi connectivity index (χ1n) is 6.02. The number of nitrogens with one attached hydrogen (secondary N) is 1. The van der Waals surface area contributed by atoms with Gasteiger partial charge in [-0.2, -0.15) is 0 Å². The van der Waals surface area contributed by atoms with E-state index in [2.05, 4.69) is 10.5 Å². The van der Waals surface area contributed by atoms with Crippen molar-refractivity contribution in [1.29, 1.82) is 0 Å². The molecule has 1 aromatic carbocycles. The Hall–Kier alpha value is -2.27. The molecule has 4 N–H and O–H groups in total. The minimum absolute atomic E-state index is 0.0622. The van der Waals surface area contributed by atoms with E-state index in [9.17, 15) is 0 Å². The molecule has 2 aromatic rings. The molecule has 0 aliphatic rings. The minimum atomic E-state index is 0.0622. The van der Waals surface area contributed by atoms with Crippen LogP contribution < -0.4 is 16.0 Å². The summed E-state index contributed by atoms with van der Waals surface area (Å²) in [6.45, 7) is 3.92. The summed E-state index contributed by atoms with van der Waals surface area (Å²) in [6, 6.07) is 7.23. The molecule has 0 bridgehead atoms. The van der Waals surface area contributed by atoms with Crippen LogP contribution in [0.3, 0.4) is 0 Å². The molecule has 2 rings (SSSR count). The van der Waals surface area contributed by atoms with Gasteiger partial charge in [0.25, 0.3) is 0 Å². The fourth-order valence-corrected chi connectivity index (χ4v) is 1.79. The van der Waals surface area contributed by atoms with E-state index in [-0.39, 0.29) is 6.10 Å². The molecule has 19 heavy (non-hydrogen) atoms. The van der Waals surface area contributed by atoms with Gasteiger partial charge in [0, 0.05) is 11.8 Å². The molecule has 5 heteroatoms. The van der Waals surface area contributed by atoms with E-state index >= 15 is 0 Å². The van der Waals surface area contributed by atoms with E-state index in [0.717, 1.165) is 11.1 Å². The van der Waals surface area contributed by atoms with Gasteiger partial charge in [-0.1, -0.05) is 6.07 Å². The van der Waals surface area contributed by atoms with E-state index in [4.69, 9.17) is 15.7 Å². The molecule has 0 spiro atoms. The zero-order valence-corrected chi connectivity index (χ0v) is 10.9. The highest BCUT2D eigenvalue weighted by atomic mass is 16.5. The van der Waals surface area contributed by atoms with Gasteiger partial charge in [0.1, 0.15) is 5.75 Å². The molecule has 1 aromatic heterocycles. The first-order chi connectivity index (χ1) is 9.11. The Kier molecular flexibility index (Phi) is 3.87. The minimum Gasteiger partial charge on any atom is -0.489 e. The van der Waals surface area contributed by atoms with Gasteiger partial charge in [0.2, 0.25) is 0 Å². The molecule has 0 aliphatic carbocycles. The summed E-state index contributed by atoms with van der Waals surface area (Å²) >= 11 is 0. The van der Waals surface area contributed by atoms with Crippen molar-refractivity contribution < 1.29 is 9.94 Å². The van der Waals surface area contributed by atoms with Crippen LogP contribution in [0.1, 0.15) is 13.8 Å². The SMILES string of the molecule is CC(C)Oc1cnccc1-c1ccc(N)c(NO)c1. The van der Waals surface area contributed by atoms with Crippen LogP contribution in [-0.4, -0.2) is 16.3 Å². The number of rotatable bonds is 4. The van der Waals surface area contributed by atoms with Gasteiger partial charge < -0.3 is 10.5 Å². The molecule has 0 amide bonds. The van der Waals surface area contributed by atoms with Crippen LogP contribution in [0, 0.1) is 0 Å². The lowest BCUT2D eigenvalue weighted by Crippen LogP contribution is -2.06. The molecule has 100 valence electrons. The predicted octanol–water partition coefficient (Wildman–Crippen LogP) is 2.92. The van der Waals surface area contributed by atoms with Crippen molar-refractivity contribution in [2.24, 2.45) is 0 Å². The lowest BCUT2D eigenvalue weighted by molar-refractivity contribution is 0.242. The topological polar surface area (TPSA) is 80.4 Å². The zero-order chi connectivity index (χ0) is 13.8. The van der Waals surface area contributed by atoms with E-state index in [1.165, 1.54) is 0 Å². The summed E-state index contributed by atoms with van der Waals surface area (Å²) in [5.41, 5.74) is 10.6. The summed E-state index contributed by atoms with van der Waals surface area (Å²) in [6.07, 6.45) is 3.44. The average molecular weight is 259 g/mol. The van der Waals surface area contributed by atoms with E-state index in [1.807, 2.05) is 26.0 Å². The standard InChI is InChI=1S/C14H17N3O2/c1-9(2)19-14-8-16-6-5-11(14)10-3-4-12(15)13(7-10)17-18/h3-9,17-18H,15H2,1-2H3. The third-order valence-corrected chi connectivity index (χ3v) is 2.63. The van der Waals surface area contributed by atoms with Crippen molar-refractivity contribution in [2.45, 2.75) is 20.0 Å². The molecule has 1 heterocycles. The number of hydrogen-bond donors (Lipinski definition) is 3. The van der Waals surface area contributed by atoms with Crippen LogP contribution in [0.15, 0.2) is 36.7 Å². The molecule has 0 atom stereocenters. The number of aromatic nitrogens is 1. The van der Waals surface area contributed by atoms with Crippen molar-refractivity contribution in [1.82, 2.24) is 4.98 Å². The molecule has 0 saturated carbocycles. The van der Waals surface area contributed by atoms with Gasteiger partial charge >= 0.3 is 0 Å². The summed E-state index contributed by atoms with van der Waals surface area (Å²) < 4.78 is 5.73. The van der Waals surface area contributed by atoms with Crippen LogP contribution in [0.5, 0.6) is 5.75 Å². The summed E-state index contributed by atoms with van der Waals surface area (Å²) in [5, 5.41) is 9.03. The number of anilines is 2. The second kappa shape index (κ2) is 5.58. The van der Waals surface area contributed by atoms with E-state index in [0.29, 0.717) is 17.1 Å². The van der Waals surface area contributed by atoms with Gasteiger partial charge in [0.15, 0.2) is 0 Å². The summed E-state index contributed by atoms with van der Waals surface area (Å²) in [4.78, 5) is 4.07.